The van der Waals surface area contributed by atoms with Crippen molar-refractivity contribution in [2.45, 2.75) is 58.8 Å². The van der Waals surface area contributed by atoms with Crippen LogP contribution in [0.4, 0.5) is 0 Å². The van der Waals surface area contributed by atoms with E-state index in [0.717, 1.165) is 6.42 Å². The Morgan fingerprint density at radius 2 is 1.64 bits per heavy atom. The lowest BCUT2D eigenvalue weighted by Crippen LogP contribution is -1.90. The van der Waals surface area contributed by atoms with Crippen LogP contribution < -0.4 is 0 Å². The molecule has 0 amide bonds. The molecule has 0 aliphatic heterocycles. The summed E-state index contributed by atoms with van der Waals surface area (Å²) in [6.45, 7) is 4.39. The third-order valence-electron chi connectivity index (χ3n) is 1.95. The van der Waals surface area contributed by atoms with Crippen molar-refractivity contribution in [3.05, 3.63) is 0 Å². The van der Waals surface area contributed by atoms with E-state index in [1.54, 1.807) is 0 Å². The first-order valence-electron chi connectivity index (χ1n) is 4.83. The summed E-state index contributed by atoms with van der Waals surface area (Å²) >= 11 is 5.13. The molecule has 0 aromatic rings. The molecule has 0 fully saturated rings. The van der Waals surface area contributed by atoms with Gasteiger partial charge in [0.1, 0.15) is 0 Å². The maximum absolute atomic E-state index is 5.13. The highest BCUT2D eigenvalue weighted by Crippen LogP contribution is 2.06. The maximum Gasteiger partial charge on any atom is -0.00742 e. The summed E-state index contributed by atoms with van der Waals surface area (Å²) in [7, 11) is 0. The molecule has 0 atom stereocenters. The molecule has 0 aromatic heterocycles. The van der Waals surface area contributed by atoms with Gasteiger partial charge in [0.2, 0.25) is 0 Å². The van der Waals surface area contributed by atoms with Crippen LogP contribution in [0.2, 0.25) is 0 Å². The highest BCUT2D eigenvalue weighted by atomic mass is 32.1. The van der Waals surface area contributed by atoms with Crippen LogP contribution in [-0.2, 0) is 0 Å². The molecular formula is C10H20S. The lowest BCUT2D eigenvalue weighted by Gasteiger charge is -1.99. The van der Waals surface area contributed by atoms with Gasteiger partial charge in [-0.2, -0.15) is 0 Å². The topological polar surface area (TPSA) is 0 Å². The van der Waals surface area contributed by atoms with Crippen molar-refractivity contribution in [1.82, 2.24) is 0 Å². The van der Waals surface area contributed by atoms with Crippen LogP contribution in [0.15, 0.2) is 0 Å². The van der Waals surface area contributed by atoms with Crippen molar-refractivity contribution in [2.75, 3.05) is 0 Å². The Labute approximate surface area is 76.4 Å². The molecule has 66 valence electrons. The predicted octanol–water partition coefficient (Wildman–Crippen LogP) is 4.13. The zero-order chi connectivity index (χ0) is 8.53. The lowest BCUT2D eigenvalue weighted by molar-refractivity contribution is 0.643. The van der Waals surface area contributed by atoms with Gasteiger partial charge in [0.15, 0.2) is 0 Å². The van der Waals surface area contributed by atoms with E-state index in [9.17, 15) is 0 Å². The van der Waals surface area contributed by atoms with E-state index < -0.39 is 0 Å². The molecule has 0 aliphatic carbocycles. The second-order valence-electron chi connectivity index (χ2n) is 3.06. The quantitative estimate of drug-likeness (QED) is 0.411. The summed E-state index contributed by atoms with van der Waals surface area (Å²) in [4.78, 5) is 1.25. The minimum absolute atomic E-state index is 1.09. The summed E-state index contributed by atoms with van der Waals surface area (Å²) in [6, 6.07) is 0. The monoisotopic (exact) mass is 172 g/mol. The Balaban J connectivity index is 2.95. The summed E-state index contributed by atoms with van der Waals surface area (Å²) in [5.41, 5.74) is 0. The van der Waals surface area contributed by atoms with Crippen molar-refractivity contribution < 1.29 is 0 Å². The van der Waals surface area contributed by atoms with Crippen molar-refractivity contribution in [2.24, 2.45) is 0 Å². The fourth-order valence-electron chi connectivity index (χ4n) is 1.10. The van der Waals surface area contributed by atoms with Crippen molar-refractivity contribution in [1.29, 1.82) is 0 Å². The third kappa shape index (κ3) is 7.99. The highest BCUT2D eigenvalue weighted by Gasteiger charge is 1.92. The van der Waals surface area contributed by atoms with Gasteiger partial charge in [-0.3, -0.25) is 0 Å². The van der Waals surface area contributed by atoms with Gasteiger partial charge in [-0.25, -0.2) is 0 Å². The molecule has 0 bridgehead atoms. The molecule has 0 spiro atoms. The molecule has 0 radical (unpaired) electrons. The predicted molar refractivity (Wildman–Crippen MR) is 56.3 cm³/mol. The average Bonchev–Trinajstić information content (AvgIpc) is 2.04. The van der Waals surface area contributed by atoms with Crippen LogP contribution >= 0.6 is 12.2 Å². The second-order valence-corrected chi connectivity index (χ2v) is 3.63. The number of hydrogen-bond donors (Lipinski definition) is 0. The molecule has 1 heteroatoms. The second kappa shape index (κ2) is 8.19. The van der Waals surface area contributed by atoms with E-state index in [0.29, 0.717) is 0 Å². The maximum atomic E-state index is 5.13. The van der Waals surface area contributed by atoms with Crippen molar-refractivity contribution in [3.8, 4) is 0 Å². The first-order valence-corrected chi connectivity index (χ1v) is 5.23. The van der Waals surface area contributed by atoms with E-state index in [4.69, 9.17) is 12.2 Å². The molecule has 11 heavy (non-hydrogen) atoms. The number of thiocarbonyl (C=S) groups is 1. The van der Waals surface area contributed by atoms with Gasteiger partial charge in [-0.1, -0.05) is 51.7 Å². The summed E-state index contributed by atoms with van der Waals surface area (Å²) in [5.74, 6) is 0. The molecule has 0 aromatic carbocycles. The van der Waals surface area contributed by atoms with Gasteiger partial charge in [0.05, 0.1) is 0 Å². The van der Waals surface area contributed by atoms with Gasteiger partial charge >= 0.3 is 0 Å². The van der Waals surface area contributed by atoms with Crippen LogP contribution in [-0.4, -0.2) is 4.86 Å². The van der Waals surface area contributed by atoms with Crippen LogP contribution in [0.1, 0.15) is 58.8 Å². The van der Waals surface area contributed by atoms with Gasteiger partial charge in [-0.05, 0) is 24.1 Å². The number of rotatable bonds is 7. The van der Waals surface area contributed by atoms with E-state index in [-0.39, 0.29) is 0 Å². The molecule has 0 aliphatic rings. The normalized spacial score (nSPS) is 10.0. The smallest absolute Gasteiger partial charge is 0.00742 e. The lowest BCUT2D eigenvalue weighted by atomic mass is 10.1. The van der Waals surface area contributed by atoms with Crippen LogP contribution in [0.5, 0.6) is 0 Å². The van der Waals surface area contributed by atoms with E-state index in [1.165, 1.54) is 43.4 Å². The minimum atomic E-state index is 1.09. The van der Waals surface area contributed by atoms with Crippen LogP contribution in [0, 0.1) is 0 Å². The van der Waals surface area contributed by atoms with Gasteiger partial charge < -0.3 is 0 Å². The molecule has 0 saturated heterocycles. The average molecular weight is 172 g/mol. The largest absolute Gasteiger partial charge is 0.0897 e. The molecule has 0 saturated carbocycles. The summed E-state index contributed by atoms with van der Waals surface area (Å²) in [5, 5.41) is 0. The van der Waals surface area contributed by atoms with Crippen molar-refractivity contribution >= 4 is 17.1 Å². The molecule has 0 rings (SSSR count). The Kier molecular flexibility index (Phi) is 8.26. The fraction of sp³-hybridized carbons (Fsp3) is 0.900. The van der Waals surface area contributed by atoms with Crippen LogP contribution in [0.3, 0.4) is 0 Å². The highest BCUT2D eigenvalue weighted by molar-refractivity contribution is 7.80. The van der Waals surface area contributed by atoms with E-state index in [1.807, 2.05) is 0 Å². The molecule has 0 heterocycles. The molecule has 0 nitrogen and oxygen atoms in total. The van der Waals surface area contributed by atoms with E-state index in [2.05, 4.69) is 13.8 Å². The first kappa shape index (κ1) is 11.1. The Hall–Kier alpha value is 0.0900. The molecule has 0 unspecified atom stereocenters. The Bertz CT molecular complexity index is 97.0. The Morgan fingerprint density at radius 3 is 2.18 bits per heavy atom. The SMILES string of the molecule is CCCCCCCC(=S)CC. The van der Waals surface area contributed by atoms with Crippen LogP contribution in [0.25, 0.3) is 0 Å². The van der Waals surface area contributed by atoms with E-state index >= 15 is 0 Å². The standard InChI is InChI=1S/C10H20S/c1-3-5-6-7-8-9-10(11)4-2/h3-9H2,1-2H3. The number of hydrogen-bond acceptors (Lipinski definition) is 1. The zero-order valence-electron chi connectivity index (χ0n) is 7.86. The van der Waals surface area contributed by atoms with Gasteiger partial charge in [0, 0.05) is 0 Å². The minimum Gasteiger partial charge on any atom is -0.0897 e. The summed E-state index contributed by atoms with van der Waals surface area (Å²) < 4.78 is 0. The van der Waals surface area contributed by atoms with Crippen molar-refractivity contribution in [3.63, 3.8) is 0 Å². The third-order valence-corrected chi connectivity index (χ3v) is 2.45. The zero-order valence-corrected chi connectivity index (χ0v) is 8.67. The molecular weight excluding hydrogens is 152 g/mol. The molecule has 0 N–H and O–H groups in total. The number of unbranched alkanes of at least 4 members (excludes halogenated alkanes) is 4. The van der Waals surface area contributed by atoms with Gasteiger partial charge in [0.25, 0.3) is 0 Å². The first-order chi connectivity index (χ1) is 5.31. The fourth-order valence-corrected chi connectivity index (χ4v) is 1.25. The summed E-state index contributed by atoms with van der Waals surface area (Å²) in [6.07, 6.45) is 9.05. The van der Waals surface area contributed by atoms with Gasteiger partial charge in [-0.15, -0.1) is 0 Å². The Morgan fingerprint density at radius 1 is 1.00 bits per heavy atom.